The van der Waals surface area contributed by atoms with E-state index in [4.69, 9.17) is 28.3 Å². The Morgan fingerprint density at radius 3 is 2.93 bits per heavy atom. The number of anilines is 1. The molecule has 8 heteroatoms. The van der Waals surface area contributed by atoms with E-state index in [1.165, 1.54) is 16.8 Å². The third-order valence-electron chi connectivity index (χ3n) is 1.63. The lowest BCUT2D eigenvalue weighted by Crippen LogP contribution is -2.11. The van der Waals surface area contributed by atoms with Gasteiger partial charge in [0.25, 0.3) is 0 Å². The molecule has 0 aliphatic carbocycles. The maximum Gasteiger partial charge on any atom is 0.410 e. The topological polar surface area (TPSA) is 79.5 Å². The number of rotatable bonds is 1. The van der Waals surface area contributed by atoms with E-state index in [1.54, 1.807) is 0 Å². The van der Waals surface area contributed by atoms with Gasteiger partial charge in [0, 0.05) is 6.07 Å². The van der Waals surface area contributed by atoms with E-state index in [0.717, 1.165) is 0 Å². The van der Waals surface area contributed by atoms with Gasteiger partial charge in [0.05, 0.1) is 6.20 Å². The van der Waals surface area contributed by atoms with Gasteiger partial charge in [0.1, 0.15) is 16.0 Å². The van der Waals surface area contributed by atoms with Crippen molar-refractivity contribution in [1.29, 1.82) is 0 Å². The van der Waals surface area contributed by atoms with E-state index in [0.29, 0.717) is 10.7 Å². The summed E-state index contributed by atoms with van der Waals surface area (Å²) in [6.07, 6.45) is 0.137. The summed E-state index contributed by atoms with van der Waals surface area (Å²) < 4.78 is 1.25. The molecule has 2 heterocycles. The van der Waals surface area contributed by atoms with E-state index in [1.807, 2.05) is 0 Å². The zero-order valence-corrected chi connectivity index (χ0v) is 8.62. The highest BCUT2D eigenvalue weighted by Crippen LogP contribution is 2.21. The molecule has 78 valence electrons. The molecule has 2 aromatic heterocycles. The summed E-state index contributed by atoms with van der Waals surface area (Å²) in [6.45, 7) is 0. The molecule has 0 unspecified atom stereocenters. The monoisotopic (exact) mass is 246 g/mol. The maximum absolute atomic E-state index is 10.5. The highest BCUT2D eigenvalue weighted by Gasteiger charge is 2.10. The van der Waals surface area contributed by atoms with Gasteiger partial charge < -0.3 is 5.11 Å². The van der Waals surface area contributed by atoms with Crippen LogP contribution in [0.5, 0.6) is 0 Å². The molecule has 2 N–H and O–H groups in total. The van der Waals surface area contributed by atoms with Gasteiger partial charge in [0.2, 0.25) is 0 Å². The van der Waals surface area contributed by atoms with Crippen LogP contribution < -0.4 is 5.32 Å². The Balaban J connectivity index is 2.66. The highest BCUT2D eigenvalue weighted by molar-refractivity contribution is 6.34. The lowest BCUT2D eigenvalue weighted by molar-refractivity contribution is 0.209. The number of hydrogen-bond donors (Lipinski definition) is 2. The van der Waals surface area contributed by atoms with Crippen LogP contribution in [0.1, 0.15) is 0 Å². The van der Waals surface area contributed by atoms with Crippen LogP contribution in [0.15, 0.2) is 12.3 Å². The second kappa shape index (κ2) is 3.56. The normalized spacial score (nSPS) is 10.5. The van der Waals surface area contributed by atoms with Crippen molar-refractivity contribution in [1.82, 2.24) is 14.6 Å². The number of hydrogen-bond acceptors (Lipinski definition) is 3. The van der Waals surface area contributed by atoms with E-state index in [2.05, 4.69) is 15.4 Å². The van der Waals surface area contributed by atoms with Gasteiger partial charge in [-0.1, -0.05) is 23.2 Å². The molecule has 0 aromatic carbocycles. The molecule has 2 aromatic rings. The fourth-order valence-electron chi connectivity index (χ4n) is 1.11. The third-order valence-corrected chi connectivity index (χ3v) is 2.09. The number of carboxylic acid groups (broad SMARTS) is 1. The van der Waals surface area contributed by atoms with Gasteiger partial charge in [-0.3, -0.25) is 5.32 Å². The molecule has 0 spiro atoms. The van der Waals surface area contributed by atoms with Gasteiger partial charge in [0.15, 0.2) is 5.65 Å². The number of amides is 1. The summed E-state index contributed by atoms with van der Waals surface area (Å²) in [5, 5.41) is 15.0. The van der Waals surface area contributed by atoms with Crippen LogP contribution in [0.3, 0.4) is 0 Å². The SMILES string of the molecule is O=C(O)Nc1cc(Cl)nc2c(Cl)cnn12. The Morgan fingerprint density at radius 2 is 2.27 bits per heavy atom. The minimum Gasteiger partial charge on any atom is -0.465 e. The molecule has 0 radical (unpaired) electrons. The number of aromatic nitrogens is 3. The average molecular weight is 247 g/mol. The van der Waals surface area contributed by atoms with Crippen LogP contribution in [0.2, 0.25) is 10.2 Å². The largest absolute Gasteiger partial charge is 0.465 e. The Kier molecular flexibility index (Phi) is 2.37. The zero-order valence-electron chi connectivity index (χ0n) is 7.11. The number of nitrogens with one attached hydrogen (secondary N) is 1. The molecule has 0 atom stereocenters. The number of fused-ring (bicyclic) bond motifs is 1. The Labute approximate surface area is 93.4 Å². The fraction of sp³-hybridized carbons (Fsp3) is 0. The third kappa shape index (κ3) is 1.81. The van der Waals surface area contributed by atoms with Crippen molar-refractivity contribution in [3.05, 3.63) is 22.4 Å². The molecule has 15 heavy (non-hydrogen) atoms. The summed E-state index contributed by atoms with van der Waals surface area (Å²) in [4.78, 5) is 14.4. The molecule has 0 aliphatic heterocycles. The summed E-state index contributed by atoms with van der Waals surface area (Å²) in [5.74, 6) is 0.185. The zero-order chi connectivity index (χ0) is 11.0. The average Bonchev–Trinajstić information content (AvgIpc) is 2.47. The molecule has 1 amide bonds. The second-order valence-corrected chi connectivity index (χ2v) is 3.42. The maximum atomic E-state index is 10.5. The highest BCUT2D eigenvalue weighted by atomic mass is 35.5. The molecule has 2 rings (SSSR count). The smallest absolute Gasteiger partial charge is 0.410 e. The Bertz CT molecular complexity index is 539. The first-order valence-electron chi connectivity index (χ1n) is 3.77. The molecule has 0 fully saturated rings. The van der Waals surface area contributed by atoms with Gasteiger partial charge in [-0.2, -0.15) is 9.61 Å². The first-order chi connectivity index (χ1) is 7.08. The fourth-order valence-corrected chi connectivity index (χ4v) is 1.45. The first-order valence-corrected chi connectivity index (χ1v) is 4.53. The Hall–Kier alpha value is -1.53. The molecule has 0 bridgehead atoms. The Morgan fingerprint density at radius 1 is 1.53 bits per heavy atom. The summed E-state index contributed by atoms with van der Waals surface area (Å²) in [5.41, 5.74) is 0.299. The summed E-state index contributed by atoms with van der Waals surface area (Å²) >= 11 is 11.5. The van der Waals surface area contributed by atoms with Gasteiger partial charge >= 0.3 is 6.09 Å². The lowest BCUT2D eigenvalue weighted by Gasteiger charge is -2.03. The van der Waals surface area contributed by atoms with E-state index in [9.17, 15) is 4.79 Å². The van der Waals surface area contributed by atoms with Crippen molar-refractivity contribution in [3.63, 3.8) is 0 Å². The summed E-state index contributed by atoms with van der Waals surface area (Å²) in [6, 6.07) is 1.34. The van der Waals surface area contributed by atoms with Crippen molar-refractivity contribution in [3.8, 4) is 0 Å². The van der Waals surface area contributed by atoms with Crippen LogP contribution >= 0.6 is 23.2 Å². The number of carbonyl (C=O) groups is 1. The van der Waals surface area contributed by atoms with Crippen LogP contribution in [-0.4, -0.2) is 25.8 Å². The van der Waals surface area contributed by atoms with Crippen molar-refractivity contribution in [2.75, 3.05) is 5.32 Å². The van der Waals surface area contributed by atoms with Crippen molar-refractivity contribution in [2.24, 2.45) is 0 Å². The van der Waals surface area contributed by atoms with E-state index in [-0.39, 0.29) is 11.0 Å². The van der Waals surface area contributed by atoms with E-state index >= 15 is 0 Å². The van der Waals surface area contributed by atoms with Crippen LogP contribution in [-0.2, 0) is 0 Å². The molecule has 0 saturated carbocycles. The number of nitrogens with zero attached hydrogens (tertiary/aromatic N) is 3. The number of halogens is 2. The predicted molar refractivity (Wildman–Crippen MR) is 54.7 cm³/mol. The molecular weight excluding hydrogens is 243 g/mol. The molecule has 6 nitrogen and oxygen atoms in total. The minimum atomic E-state index is -1.22. The van der Waals surface area contributed by atoms with Gasteiger partial charge in [-0.25, -0.2) is 9.78 Å². The predicted octanol–water partition coefficient (Wildman–Crippen LogP) is 2.13. The van der Waals surface area contributed by atoms with Gasteiger partial charge in [-0.05, 0) is 0 Å². The van der Waals surface area contributed by atoms with Crippen LogP contribution in [0.4, 0.5) is 10.6 Å². The first kappa shape index (κ1) is 10.0. The summed E-state index contributed by atoms with van der Waals surface area (Å²) in [7, 11) is 0. The molecular formula is C7H4Cl2N4O2. The second-order valence-electron chi connectivity index (χ2n) is 2.62. The molecule has 0 aliphatic rings. The van der Waals surface area contributed by atoms with Crippen LogP contribution in [0, 0.1) is 0 Å². The van der Waals surface area contributed by atoms with Crippen molar-refractivity contribution >= 4 is 40.8 Å². The van der Waals surface area contributed by atoms with Crippen molar-refractivity contribution in [2.45, 2.75) is 0 Å². The lowest BCUT2D eigenvalue weighted by atomic mass is 10.5. The molecule has 0 saturated heterocycles. The van der Waals surface area contributed by atoms with E-state index < -0.39 is 6.09 Å². The van der Waals surface area contributed by atoms with Gasteiger partial charge in [-0.15, -0.1) is 0 Å². The van der Waals surface area contributed by atoms with Crippen molar-refractivity contribution < 1.29 is 9.90 Å². The minimum absolute atomic E-state index is 0.133. The van der Waals surface area contributed by atoms with Crippen LogP contribution in [0.25, 0.3) is 5.65 Å². The standard InChI is InChI=1S/C7H4Cl2N4O2/c8-3-2-10-13-5(12-7(14)15)1-4(9)11-6(3)13/h1-2,12H,(H,14,15). The quantitative estimate of drug-likeness (QED) is 0.756.